The molecule has 0 heterocycles. The molecule has 0 aliphatic rings. The summed E-state index contributed by atoms with van der Waals surface area (Å²) in [6.07, 6.45) is 1.74. The molecule has 0 amide bonds. The van der Waals surface area contributed by atoms with Crippen molar-refractivity contribution in [2.24, 2.45) is 22.1 Å². The van der Waals surface area contributed by atoms with Crippen molar-refractivity contribution in [1.29, 1.82) is 0 Å². The number of carboxylic acid groups (broad SMARTS) is 1. The number of aliphatic carboxylic acids is 1. The van der Waals surface area contributed by atoms with Gasteiger partial charge in [0.15, 0.2) is 12.1 Å². The second kappa shape index (κ2) is 9.44. The topological polar surface area (TPSA) is 88.3 Å². The summed E-state index contributed by atoms with van der Waals surface area (Å²) in [4.78, 5) is 22.9. The summed E-state index contributed by atoms with van der Waals surface area (Å²) in [6, 6.07) is -1.67. The van der Waals surface area contributed by atoms with Crippen LogP contribution >= 0.6 is 0 Å². The molecule has 0 saturated heterocycles. The predicted octanol–water partition coefficient (Wildman–Crippen LogP) is 2.92. The van der Waals surface area contributed by atoms with Gasteiger partial charge in [-0.15, -0.1) is 0 Å². The molecule has 2 unspecified atom stereocenters. The second-order valence-corrected chi connectivity index (χ2v) is 5.47. The minimum Gasteiger partial charge on any atom is -0.480 e. The van der Waals surface area contributed by atoms with Crippen molar-refractivity contribution in [1.82, 2.24) is 0 Å². The van der Waals surface area contributed by atoms with Gasteiger partial charge < -0.3 is 9.84 Å². The molecule has 6 heteroatoms. The van der Waals surface area contributed by atoms with Crippen LogP contribution in [0.4, 0.5) is 0 Å². The lowest BCUT2D eigenvalue weighted by molar-refractivity contribution is -0.147. The number of hydrogen-bond acceptors (Lipinski definition) is 5. The molecule has 0 spiro atoms. The molecule has 0 aromatic heterocycles. The summed E-state index contributed by atoms with van der Waals surface area (Å²) in [5.41, 5.74) is 0. The van der Waals surface area contributed by atoms with Crippen LogP contribution in [-0.4, -0.2) is 35.7 Å². The van der Waals surface area contributed by atoms with Crippen LogP contribution in [0.25, 0.3) is 0 Å². The Bertz CT molecular complexity index is 340. The van der Waals surface area contributed by atoms with Gasteiger partial charge in [-0.1, -0.05) is 41.0 Å². The third-order valence-electron chi connectivity index (χ3n) is 2.82. The largest absolute Gasteiger partial charge is 0.480 e. The quantitative estimate of drug-likeness (QED) is 0.401. The zero-order valence-corrected chi connectivity index (χ0v) is 13.0. The molecule has 1 N–H and O–H groups in total. The van der Waals surface area contributed by atoms with Crippen LogP contribution in [0.5, 0.6) is 0 Å². The molecule has 0 bridgehead atoms. The Hall–Kier alpha value is -1.46. The van der Waals surface area contributed by atoms with Crippen molar-refractivity contribution >= 4 is 11.9 Å². The minimum atomic E-state index is -1.04. The van der Waals surface area contributed by atoms with E-state index in [0.29, 0.717) is 6.61 Å². The highest BCUT2D eigenvalue weighted by molar-refractivity contribution is 5.76. The maximum absolute atomic E-state index is 11.9. The number of rotatable bonds is 9. The Morgan fingerprint density at radius 3 is 1.95 bits per heavy atom. The Morgan fingerprint density at radius 2 is 1.55 bits per heavy atom. The molecule has 0 fully saturated rings. The highest BCUT2D eigenvalue weighted by Gasteiger charge is 2.26. The number of esters is 1. The highest BCUT2D eigenvalue weighted by Crippen LogP contribution is 2.13. The number of carbonyl (C=O) groups excluding carboxylic acids is 1. The van der Waals surface area contributed by atoms with E-state index in [0.717, 1.165) is 12.8 Å². The highest BCUT2D eigenvalue weighted by atomic mass is 16.5. The molecule has 20 heavy (non-hydrogen) atoms. The lowest BCUT2D eigenvalue weighted by Crippen LogP contribution is -2.29. The summed E-state index contributed by atoms with van der Waals surface area (Å²) in [6.45, 7) is 9.53. The van der Waals surface area contributed by atoms with Crippen molar-refractivity contribution in [3.05, 3.63) is 0 Å². The molecule has 0 aliphatic carbocycles. The molecule has 0 saturated carbocycles. The van der Waals surface area contributed by atoms with Crippen molar-refractivity contribution in [2.45, 2.75) is 59.5 Å². The molecule has 0 aromatic rings. The first-order valence-corrected chi connectivity index (χ1v) is 7.10. The van der Waals surface area contributed by atoms with Crippen molar-refractivity contribution in [3.8, 4) is 0 Å². The van der Waals surface area contributed by atoms with E-state index < -0.39 is 24.0 Å². The Balaban J connectivity index is 4.75. The molecule has 0 aliphatic heterocycles. The van der Waals surface area contributed by atoms with Crippen molar-refractivity contribution in [2.75, 3.05) is 6.61 Å². The van der Waals surface area contributed by atoms with Gasteiger partial charge >= 0.3 is 11.9 Å². The fraction of sp³-hybridized carbons (Fsp3) is 0.857. The Labute approximate surface area is 120 Å². The zero-order valence-electron chi connectivity index (χ0n) is 13.0. The SMILES string of the molecule is CCCCOC(=O)C(N=NC(C(=O)O)C(C)C)C(C)C. The van der Waals surface area contributed by atoms with E-state index in [9.17, 15) is 9.59 Å². The maximum Gasteiger partial charge on any atom is 0.333 e. The maximum atomic E-state index is 11.9. The van der Waals surface area contributed by atoms with Crippen molar-refractivity contribution in [3.63, 3.8) is 0 Å². The molecule has 116 valence electrons. The molecule has 0 radical (unpaired) electrons. The fourth-order valence-electron chi connectivity index (χ4n) is 1.47. The first kappa shape index (κ1) is 18.5. The van der Waals surface area contributed by atoms with Crippen LogP contribution in [0, 0.1) is 11.8 Å². The molecular formula is C14H26N2O4. The number of carbonyl (C=O) groups is 2. The lowest BCUT2D eigenvalue weighted by Gasteiger charge is -2.16. The number of ether oxygens (including phenoxy) is 1. The van der Waals surface area contributed by atoms with E-state index in [1.165, 1.54) is 0 Å². The van der Waals surface area contributed by atoms with Crippen LogP contribution in [0.3, 0.4) is 0 Å². The molecule has 0 aromatic carbocycles. The second-order valence-electron chi connectivity index (χ2n) is 5.47. The van der Waals surface area contributed by atoms with E-state index in [2.05, 4.69) is 10.2 Å². The van der Waals surface area contributed by atoms with E-state index in [1.54, 1.807) is 13.8 Å². The number of azo groups is 1. The minimum absolute atomic E-state index is 0.0884. The van der Waals surface area contributed by atoms with Crippen LogP contribution < -0.4 is 0 Å². The van der Waals surface area contributed by atoms with E-state index in [1.807, 2.05) is 20.8 Å². The third kappa shape index (κ3) is 6.63. The number of carboxylic acids is 1. The van der Waals surface area contributed by atoms with Gasteiger partial charge in [-0.05, 0) is 18.3 Å². The molecule has 0 rings (SSSR count). The molecule has 6 nitrogen and oxygen atoms in total. The predicted molar refractivity (Wildman–Crippen MR) is 75.6 cm³/mol. The standard InChI is InChI=1S/C14H26N2O4/c1-6-7-8-20-14(19)12(10(4)5)16-15-11(9(2)3)13(17)18/h9-12H,6-8H2,1-5H3,(H,17,18). The van der Waals surface area contributed by atoms with E-state index in [-0.39, 0.29) is 11.8 Å². The van der Waals surface area contributed by atoms with Gasteiger partial charge in [0.05, 0.1) is 6.61 Å². The lowest BCUT2D eigenvalue weighted by atomic mass is 10.1. The Kier molecular flexibility index (Phi) is 8.76. The summed E-state index contributed by atoms with van der Waals surface area (Å²) in [5.74, 6) is -1.75. The van der Waals surface area contributed by atoms with Gasteiger partial charge in [-0.3, -0.25) is 0 Å². The third-order valence-corrected chi connectivity index (χ3v) is 2.82. The summed E-state index contributed by atoms with van der Waals surface area (Å²) in [5, 5.41) is 16.8. The first-order chi connectivity index (χ1) is 9.31. The van der Waals surface area contributed by atoms with Crippen LogP contribution in [0.2, 0.25) is 0 Å². The summed E-state index contributed by atoms with van der Waals surface area (Å²) in [7, 11) is 0. The first-order valence-electron chi connectivity index (χ1n) is 7.10. The monoisotopic (exact) mass is 286 g/mol. The summed E-state index contributed by atoms with van der Waals surface area (Å²) < 4.78 is 5.12. The average molecular weight is 286 g/mol. The van der Waals surface area contributed by atoms with Gasteiger partial charge in [-0.2, -0.15) is 10.2 Å². The van der Waals surface area contributed by atoms with E-state index in [4.69, 9.17) is 9.84 Å². The zero-order chi connectivity index (χ0) is 15.7. The van der Waals surface area contributed by atoms with Crippen LogP contribution in [0.15, 0.2) is 10.2 Å². The van der Waals surface area contributed by atoms with Crippen LogP contribution in [-0.2, 0) is 14.3 Å². The number of hydrogen-bond donors (Lipinski definition) is 1. The number of unbranched alkanes of at least 4 members (excludes halogenated alkanes) is 1. The van der Waals surface area contributed by atoms with Gasteiger partial charge in [-0.25, -0.2) is 9.59 Å². The molecular weight excluding hydrogens is 260 g/mol. The number of nitrogens with zero attached hydrogens (tertiary/aromatic N) is 2. The van der Waals surface area contributed by atoms with Gasteiger partial charge in [0.1, 0.15) is 0 Å². The van der Waals surface area contributed by atoms with Gasteiger partial charge in [0.2, 0.25) is 0 Å². The smallest absolute Gasteiger partial charge is 0.333 e. The summed E-state index contributed by atoms with van der Waals surface area (Å²) >= 11 is 0. The fourth-order valence-corrected chi connectivity index (χ4v) is 1.47. The van der Waals surface area contributed by atoms with E-state index >= 15 is 0 Å². The van der Waals surface area contributed by atoms with Gasteiger partial charge in [0, 0.05) is 0 Å². The van der Waals surface area contributed by atoms with Crippen LogP contribution in [0.1, 0.15) is 47.5 Å². The normalized spacial score (nSPS) is 14.8. The Morgan fingerprint density at radius 1 is 1.05 bits per heavy atom. The molecule has 2 atom stereocenters. The average Bonchev–Trinajstić information content (AvgIpc) is 2.33. The van der Waals surface area contributed by atoms with Gasteiger partial charge in [0.25, 0.3) is 0 Å². The van der Waals surface area contributed by atoms with Crippen molar-refractivity contribution < 1.29 is 19.4 Å².